The van der Waals surface area contributed by atoms with E-state index in [1.165, 1.54) is 0 Å². The number of Topliss-reactive ketones (excluding diaryl/α,β-unsaturated/α-hetero) is 1. The third kappa shape index (κ3) is 2.06. The lowest BCUT2D eigenvalue weighted by Gasteiger charge is -1.91. The second-order valence-electron chi connectivity index (χ2n) is 2.51. The van der Waals surface area contributed by atoms with Gasteiger partial charge in [-0.05, 0) is 37.6 Å². The van der Waals surface area contributed by atoms with Gasteiger partial charge in [-0.2, -0.15) is 0 Å². The van der Waals surface area contributed by atoms with E-state index in [9.17, 15) is 4.79 Å². The minimum absolute atomic E-state index is 0.111. The highest BCUT2D eigenvalue weighted by molar-refractivity contribution is 5.93. The van der Waals surface area contributed by atoms with Crippen molar-refractivity contribution in [2.75, 3.05) is 0 Å². The molecule has 0 radical (unpaired) electrons. The Morgan fingerprint density at radius 2 is 2.27 bits per heavy atom. The molecule has 1 heteroatoms. The minimum atomic E-state index is 0.111. The molecule has 0 amide bonds. The lowest BCUT2D eigenvalue weighted by Crippen LogP contribution is -1.90. The fourth-order valence-corrected chi connectivity index (χ4v) is 0.769. The highest BCUT2D eigenvalue weighted by Gasteiger charge is 1.96. The lowest BCUT2D eigenvalue weighted by molar-refractivity contribution is -0.113. The highest BCUT2D eigenvalue weighted by Crippen LogP contribution is 2.07. The first-order chi connectivity index (χ1) is 5.20. The maximum Gasteiger partial charge on any atom is 0.155 e. The summed E-state index contributed by atoms with van der Waals surface area (Å²) in [5, 5.41) is 0. The number of rotatable bonds is 2. The Morgan fingerprint density at radius 1 is 1.55 bits per heavy atom. The number of carbonyl (C=O) groups is 1. The van der Waals surface area contributed by atoms with Crippen LogP contribution < -0.4 is 0 Å². The summed E-state index contributed by atoms with van der Waals surface area (Å²) in [5.41, 5.74) is 4.74. The van der Waals surface area contributed by atoms with E-state index >= 15 is 0 Å². The number of allylic oxidation sites excluding steroid dienone is 5. The van der Waals surface area contributed by atoms with Crippen molar-refractivity contribution in [1.29, 1.82) is 0 Å². The SMILES string of the molecule is CC(=O)/C(C)=C/C1=C=CC=C1. The van der Waals surface area contributed by atoms with Gasteiger partial charge in [0.2, 0.25) is 0 Å². The third-order valence-corrected chi connectivity index (χ3v) is 1.55. The Hall–Kier alpha value is -1.33. The molecule has 0 N–H and O–H groups in total. The van der Waals surface area contributed by atoms with Gasteiger partial charge < -0.3 is 0 Å². The van der Waals surface area contributed by atoms with Gasteiger partial charge in [0.1, 0.15) is 0 Å². The van der Waals surface area contributed by atoms with Crippen LogP contribution in [0.4, 0.5) is 0 Å². The summed E-state index contributed by atoms with van der Waals surface area (Å²) in [4.78, 5) is 10.8. The number of carbonyl (C=O) groups excluding carboxylic acids is 1. The Balaban J connectivity index is 2.81. The van der Waals surface area contributed by atoms with Crippen molar-refractivity contribution in [3.05, 3.63) is 41.2 Å². The van der Waals surface area contributed by atoms with Crippen molar-refractivity contribution >= 4 is 5.78 Å². The summed E-state index contributed by atoms with van der Waals surface area (Å²) in [6.45, 7) is 3.37. The average Bonchev–Trinajstić information content (AvgIpc) is 2.39. The molecule has 0 aromatic carbocycles. The molecule has 11 heavy (non-hydrogen) atoms. The quantitative estimate of drug-likeness (QED) is 0.431. The van der Waals surface area contributed by atoms with Crippen molar-refractivity contribution in [2.24, 2.45) is 0 Å². The summed E-state index contributed by atoms with van der Waals surface area (Å²) < 4.78 is 0. The molecule has 0 saturated carbocycles. The maximum absolute atomic E-state index is 10.8. The first-order valence-corrected chi connectivity index (χ1v) is 3.53. The van der Waals surface area contributed by atoms with E-state index in [0.29, 0.717) is 0 Å². The molecule has 0 unspecified atom stereocenters. The van der Waals surface area contributed by atoms with Crippen molar-refractivity contribution in [1.82, 2.24) is 0 Å². The van der Waals surface area contributed by atoms with Crippen molar-refractivity contribution in [3.8, 4) is 0 Å². The summed E-state index contributed by atoms with van der Waals surface area (Å²) in [7, 11) is 0. The molecule has 0 aromatic rings. The smallest absolute Gasteiger partial charge is 0.155 e. The first-order valence-electron chi connectivity index (χ1n) is 3.53. The second kappa shape index (κ2) is 3.18. The average molecular weight is 146 g/mol. The zero-order valence-corrected chi connectivity index (χ0v) is 6.72. The number of ketones is 1. The van der Waals surface area contributed by atoms with Crippen molar-refractivity contribution < 1.29 is 4.79 Å². The standard InChI is InChI=1S/C10H10O/c1-8(9(2)11)7-10-5-3-4-6-10/h3-5,7H,1-2H3/b8-7+. The first kappa shape index (κ1) is 7.77. The van der Waals surface area contributed by atoms with Crippen molar-refractivity contribution in [2.45, 2.75) is 13.8 Å². The van der Waals surface area contributed by atoms with Gasteiger partial charge in [-0.15, -0.1) is 5.73 Å². The van der Waals surface area contributed by atoms with Crippen LogP contribution in [0, 0.1) is 0 Å². The van der Waals surface area contributed by atoms with Crippen LogP contribution in [0.15, 0.2) is 41.2 Å². The Bertz CT molecular complexity index is 297. The molecule has 0 spiro atoms. The third-order valence-electron chi connectivity index (χ3n) is 1.55. The van der Waals surface area contributed by atoms with E-state index in [0.717, 1.165) is 11.1 Å². The largest absolute Gasteiger partial charge is 0.295 e. The van der Waals surface area contributed by atoms with Gasteiger partial charge >= 0.3 is 0 Å². The highest BCUT2D eigenvalue weighted by atomic mass is 16.1. The fourth-order valence-electron chi connectivity index (χ4n) is 0.769. The van der Waals surface area contributed by atoms with Crippen LogP contribution in [0.3, 0.4) is 0 Å². The van der Waals surface area contributed by atoms with Gasteiger partial charge in [0.05, 0.1) is 0 Å². The van der Waals surface area contributed by atoms with E-state index in [1.54, 1.807) is 6.92 Å². The summed E-state index contributed by atoms with van der Waals surface area (Å²) >= 11 is 0. The number of hydrogen-bond acceptors (Lipinski definition) is 1. The number of hydrogen-bond donors (Lipinski definition) is 0. The van der Waals surface area contributed by atoms with Crippen LogP contribution in [0.2, 0.25) is 0 Å². The molecule has 1 nitrogen and oxygen atoms in total. The molecule has 0 aromatic heterocycles. The molecule has 0 aliphatic heterocycles. The topological polar surface area (TPSA) is 17.1 Å². The lowest BCUT2D eigenvalue weighted by atomic mass is 10.1. The summed E-state index contributed by atoms with van der Waals surface area (Å²) in [6.07, 6.45) is 7.49. The second-order valence-corrected chi connectivity index (χ2v) is 2.51. The van der Waals surface area contributed by atoms with Gasteiger partial charge in [-0.25, -0.2) is 0 Å². The van der Waals surface area contributed by atoms with E-state index in [1.807, 2.05) is 31.2 Å². The molecule has 0 heterocycles. The molecular formula is C10H10O. The van der Waals surface area contributed by atoms with Crippen LogP contribution in [-0.4, -0.2) is 5.78 Å². The van der Waals surface area contributed by atoms with Gasteiger partial charge in [-0.3, -0.25) is 4.79 Å². The Morgan fingerprint density at radius 3 is 2.73 bits per heavy atom. The van der Waals surface area contributed by atoms with Gasteiger partial charge in [0.25, 0.3) is 0 Å². The van der Waals surface area contributed by atoms with Crippen LogP contribution in [0.25, 0.3) is 0 Å². The van der Waals surface area contributed by atoms with E-state index in [2.05, 4.69) is 5.73 Å². The zero-order chi connectivity index (χ0) is 8.27. The van der Waals surface area contributed by atoms with Crippen LogP contribution in [0.1, 0.15) is 13.8 Å². The normalized spacial score (nSPS) is 15.5. The molecule has 0 bridgehead atoms. The zero-order valence-electron chi connectivity index (χ0n) is 6.72. The molecule has 1 rings (SSSR count). The predicted molar refractivity (Wildman–Crippen MR) is 45.2 cm³/mol. The molecular weight excluding hydrogens is 136 g/mol. The molecule has 0 fully saturated rings. The van der Waals surface area contributed by atoms with E-state index in [4.69, 9.17) is 0 Å². The van der Waals surface area contributed by atoms with Crippen LogP contribution >= 0.6 is 0 Å². The van der Waals surface area contributed by atoms with Gasteiger partial charge in [0, 0.05) is 5.57 Å². The van der Waals surface area contributed by atoms with Gasteiger partial charge in [-0.1, -0.05) is 6.08 Å². The van der Waals surface area contributed by atoms with Crippen LogP contribution in [-0.2, 0) is 4.79 Å². The predicted octanol–water partition coefficient (Wildman–Crippen LogP) is 2.17. The van der Waals surface area contributed by atoms with Gasteiger partial charge in [0.15, 0.2) is 5.78 Å². The molecule has 1 aliphatic carbocycles. The Labute approximate surface area is 66.4 Å². The molecule has 56 valence electrons. The van der Waals surface area contributed by atoms with Crippen molar-refractivity contribution in [3.63, 3.8) is 0 Å². The Kier molecular flexibility index (Phi) is 2.25. The molecule has 1 aliphatic rings. The molecule has 0 saturated heterocycles. The fraction of sp³-hybridized carbons (Fsp3) is 0.200. The maximum atomic E-state index is 10.8. The van der Waals surface area contributed by atoms with E-state index in [-0.39, 0.29) is 5.78 Å². The summed E-state index contributed by atoms with van der Waals surface area (Å²) in [5.74, 6) is 0.111. The van der Waals surface area contributed by atoms with E-state index < -0.39 is 0 Å². The minimum Gasteiger partial charge on any atom is -0.295 e. The molecule has 0 atom stereocenters. The monoisotopic (exact) mass is 146 g/mol. The summed E-state index contributed by atoms with van der Waals surface area (Å²) in [6, 6.07) is 0. The van der Waals surface area contributed by atoms with Crippen LogP contribution in [0.5, 0.6) is 0 Å².